The van der Waals surface area contributed by atoms with Gasteiger partial charge in [0.2, 0.25) is 0 Å². The van der Waals surface area contributed by atoms with E-state index in [9.17, 15) is 0 Å². The Hall–Kier alpha value is -1.22. The van der Waals surface area contributed by atoms with E-state index < -0.39 is 0 Å². The zero-order chi connectivity index (χ0) is 12.4. The highest BCUT2D eigenvalue weighted by molar-refractivity contribution is 5.61. The molecule has 2 rings (SSSR count). The molecule has 3 heteroatoms. The summed E-state index contributed by atoms with van der Waals surface area (Å²) in [7, 11) is 4.35. The van der Waals surface area contributed by atoms with Crippen molar-refractivity contribution in [2.75, 3.05) is 37.8 Å². The normalized spacial score (nSPS) is 17.8. The number of anilines is 2. The fourth-order valence-corrected chi connectivity index (χ4v) is 2.59. The number of rotatable bonds is 2. The molecule has 2 N–H and O–H groups in total. The number of piperidine rings is 1. The van der Waals surface area contributed by atoms with Gasteiger partial charge < -0.3 is 15.5 Å². The molecule has 0 atom stereocenters. The van der Waals surface area contributed by atoms with Crippen molar-refractivity contribution < 1.29 is 0 Å². The Bertz CT molecular complexity index is 379. The highest BCUT2D eigenvalue weighted by Crippen LogP contribution is 2.26. The maximum absolute atomic E-state index is 5.87. The van der Waals surface area contributed by atoms with Crippen LogP contribution in [0.2, 0.25) is 0 Å². The number of nitrogens with zero attached hydrogens (tertiary/aromatic N) is 2. The monoisotopic (exact) mass is 233 g/mol. The van der Waals surface area contributed by atoms with Gasteiger partial charge in [-0.1, -0.05) is 6.07 Å². The summed E-state index contributed by atoms with van der Waals surface area (Å²) in [6.45, 7) is 4.42. The molecule has 17 heavy (non-hydrogen) atoms. The fourth-order valence-electron chi connectivity index (χ4n) is 2.59. The van der Waals surface area contributed by atoms with Gasteiger partial charge in [-0.15, -0.1) is 0 Å². The third-order valence-corrected chi connectivity index (χ3v) is 3.77. The Morgan fingerprint density at radius 3 is 2.47 bits per heavy atom. The summed E-state index contributed by atoms with van der Waals surface area (Å²) < 4.78 is 0. The van der Waals surface area contributed by atoms with Crippen LogP contribution in [0.15, 0.2) is 18.2 Å². The van der Waals surface area contributed by atoms with Crippen molar-refractivity contribution in [3.8, 4) is 0 Å². The zero-order valence-electron chi connectivity index (χ0n) is 11.1. The van der Waals surface area contributed by atoms with E-state index in [4.69, 9.17) is 5.73 Å². The van der Waals surface area contributed by atoms with Crippen LogP contribution >= 0.6 is 0 Å². The van der Waals surface area contributed by atoms with Crippen LogP contribution in [0.3, 0.4) is 0 Å². The highest BCUT2D eigenvalue weighted by atomic mass is 15.2. The Labute approximate surface area is 104 Å². The molecule has 94 valence electrons. The van der Waals surface area contributed by atoms with Crippen molar-refractivity contribution in [2.45, 2.75) is 25.8 Å². The molecule has 1 fully saturated rings. The van der Waals surface area contributed by atoms with Crippen molar-refractivity contribution in [3.05, 3.63) is 23.8 Å². The zero-order valence-corrected chi connectivity index (χ0v) is 11.1. The van der Waals surface area contributed by atoms with Crippen LogP contribution < -0.4 is 10.6 Å². The van der Waals surface area contributed by atoms with Crippen LogP contribution in [-0.2, 0) is 0 Å². The molecule has 1 saturated heterocycles. The minimum atomic E-state index is 0.729. The quantitative estimate of drug-likeness (QED) is 0.794. The second-order valence-electron chi connectivity index (χ2n) is 5.23. The lowest BCUT2D eigenvalue weighted by Crippen LogP contribution is -2.42. The van der Waals surface area contributed by atoms with E-state index in [1.807, 2.05) is 6.07 Å². The first-order valence-corrected chi connectivity index (χ1v) is 6.35. The van der Waals surface area contributed by atoms with Crippen LogP contribution in [0.25, 0.3) is 0 Å². The van der Waals surface area contributed by atoms with Gasteiger partial charge in [0.25, 0.3) is 0 Å². The Balaban J connectivity index is 2.07. The summed E-state index contributed by atoms with van der Waals surface area (Å²) >= 11 is 0. The van der Waals surface area contributed by atoms with Crippen molar-refractivity contribution in [1.82, 2.24) is 4.90 Å². The lowest BCUT2D eigenvalue weighted by Gasteiger charge is -2.37. The molecule has 0 saturated carbocycles. The van der Waals surface area contributed by atoms with Gasteiger partial charge in [-0.25, -0.2) is 0 Å². The Kier molecular flexibility index (Phi) is 3.57. The van der Waals surface area contributed by atoms with E-state index in [0.717, 1.165) is 24.8 Å². The van der Waals surface area contributed by atoms with Crippen LogP contribution in [0.1, 0.15) is 18.4 Å². The number of hydrogen-bond donors (Lipinski definition) is 1. The van der Waals surface area contributed by atoms with Gasteiger partial charge in [-0.2, -0.15) is 0 Å². The summed E-state index contributed by atoms with van der Waals surface area (Å²) in [6.07, 6.45) is 2.47. The Morgan fingerprint density at radius 2 is 1.88 bits per heavy atom. The molecule has 0 radical (unpaired) electrons. The van der Waals surface area contributed by atoms with Gasteiger partial charge in [-0.3, -0.25) is 0 Å². The fraction of sp³-hybridized carbons (Fsp3) is 0.571. The third-order valence-electron chi connectivity index (χ3n) is 3.77. The van der Waals surface area contributed by atoms with E-state index in [1.165, 1.54) is 24.1 Å². The number of nitrogens with two attached hydrogens (primary N) is 1. The molecule has 1 aromatic rings. The van der Waals surface area contributed by atoms with Crippen molar-refractivity contribution >= 4 is 11.4 Å². The molecule has 3 nitrogen and oxygen atoms in total. The highest BCUT2D eigenvalue weighted by Gasteiger charge is 2.21. The van der Waals surface area contributed by atoms with E-state index in [-0.39, 0.29) is 0 Å². The predicted octanol–water partition coefficient (Wildman–Crippen LogP) is 2.11. The smallest absolute Gasteiger partial charge is 0.0416 e. The molecular formula is C14H23N3. The minimum absolute atomic E-state index is 0.729. The second kappa shape index (κ2) is 4.96. The van der Waals surface area contributed by atoms with Gasteiger partial charge in [0.15, 0.2) is 0 Å². The van der Waals surface area contributed by atoms with Crippen LogP contribution in [0, 0.1) is 6.92 Å². The van der Waals surface area contributed by atoms with Gasteiger partial charge in [0, 0.05) is 30.5 Å². The molecule has 1 aromatic carbocycles. The lowest BCUT2D eigenvalue weighted by atomic mass is 10.0. The van der Waals surface area contributed by atoms with Crippen LogP contribution in [0.5, 0.6) is 0 Å². The topological polar surface area (TPSA) is 32.5 Å². The summed E-state index contributed by atoms with van der Waals surface area (Å²) in [5.41, 5.74) is 9.37. The molecule has 0 bridgehead atoms. The van der Waals surface area contributed by atoms with Gasteiger partial charge >= 0.3 is 0 Å². The predicted molar refractivity (Wildman–Crippen MR) is 74.5 cm³/mol. The average molecular weight is 233 g/mol. The standard InChI is InChI=1S/C14H23N3/c1-11-4-5-12(15)10-14(11)17-8-6-13(7-9-17)16(2)3/h4-5,10,13H,6-9,15H2,1-3H3. The molecule has 1 heterocycles. The first kappa shape index (κ1) is 12.2. The average Bonchev–Trinajstić information content (AvgIpc) is 2.32. The van der Waals surface area contributed by atoms with E-state index in [1.54, 1.807) is 0 Å². The second-order valence-corrected chi connectivity index (χ2v) is 5.23. The molecule has 0 unspecified atom stereocenters. The summed E-state index contributed by atoms with van der Waals surface area (Å²) in [4.78, 5) is 4.80. The number of hydrogen-bond acceptors (Lipinski definition) is 3. The number of aryl methyl sites for hydroxylation is 1. The number of nitrogen functional groups attached to an aromatic ring is 1. The molecular weight excluding hydrogens is 210 g/mol. The molecule has 1 aliphatic rings. The largest absolute Gasteiger partial charge is 0.399 e. The minimum Gasteiger partial charge on any atom is -0.399 e. The summed E-state index contributed by atoms with van der Waals surface area (Å²) in [5, 5.41) is 0. The summed E-state index contributed by atoms with van der Waals surface area (Å²) in [6, 6.07) is 6.92. The van der Waals surface area contributed by atoms with Crippen molar-refractivity contribution in [3.63, 3.8) is 0 Å². The molecule has 0 aliphatic carbocycles. The number of benzene rings is 1. The lowest BCUT2D eigenvalue weighted by molar-refractivity contribution is 0.249. The van der Waals surface area contributed by atoms with Crippen molar-refractivity contribution in [2.24, 2.45) is 0 Å². The van der Waals surface area contributed by atoms with Crippen LogP contribution in [-0.4, -0.2) is 38.1 Å². The first-order valence-electron chi connectivity index (χ1n) is 6.35. The van der Waals surface area contributed by atoms with Crippen molar-refractivity contribution in [1.29, 1.82) is 0 Å². The van der Waals surface area contributed by atoms with Gasteiger partial charge in [0.05, 0.1) is 0 Å². The first-order chi connectivity index (χ1) is 8.08. The maximum atomic E-state index is 5.87. The summed E-state index contributed by atoms with van der Waals surface area (Å²) in [5.74, 6) is 0. The Morgan fingerprint density at radius 1 is 1.24 bits per heavy atom. The molecule has 0 spiro atoms. The maximum Gasteiger partial charge on any atom is 0.0416 e. The SMILES string of the molecule is Cc1ccc(N)cc1N1CCC(N(C)C)CC1. The van der Waals surface area contributed by atoms with E-state index in [0.29, 0.717) is 0 Å². The molecule has 0 aromatic heterocycles. The van der Waals surface area contributed by atoms with Gasteiger partial charge in [0.1, 0.15) is 0 Å². The molecule has 0 amide bonds. The molecule has 1 aliphatic heterocycles. The van der Waals surface area contributed by atoms with Crippen LogP contribution in [0.4, 0.5) is 11.4 Å². The third kappa shape index (κ3) is 2.72. The van der Waals surface area contributed by atoms with E-state index >= 15 is 0 Å². The van der Waals surface area contributed by atoms with Gasteiger partial charge in [-0.05, 0) is 51.6 Å². The van der Waals surface area contributed by atoms with E-state index in [2.05, 4.69) is 43.0 Å².